The van der Waals surface area contributed by atoms with E-state index in [2.05, 4.69) is 34.6 Å². The summed E-state index contributed by atoms with van der Waals surface area (Å²) < 4.78 is 12.1. The minimum absolute atomic E-state index is 0.000475. The molecule has 0 amide bonds. The van der Waals surface area contributed by atoms with Gasteiger partial charge in [-0.05, 0) is 67.3 Å². The van der Waals surface area contributed by atoms with Crippen LogP contribution >= 0.6 is 11.6 Å². The highest BCUT2D eigenvalue weighted by atomic mass is 35.5. The standard InChI is InChI=1S/C27H27ClN2O2/c1-3-31-25-13-17(2)23(28)15-22(25)26-27-20(11-12-29-26)21-14-19(9-10-24(21)30-27)32-16-18-7-5-4-6-8-18/h4-10,13-15,26,29-30H,3,11-12,16H2,1-2H3. The Morgan fingerprint density at radius 3 is 2.69 bits per heavy atom. The molecule has 1 aliphatic rings. The van der Waals surface area contributed by atoms with Crippen molar-refractivity contribution in [2.24, 2.45) is 0 Å². The van der Waals surface area contributed by atoms with Gasteiger partial charge in [-0.25, -0.2) is 0 Å². The number of aromatic nitrogens is 1. The van der Waals surface area contributed by atoms with Gasteiger partial charge >= 0.3 is 0 Å². The van der Waals surface area contributed by atoms with Crippen LogP contribution < -0.4 is 14.8 Å². The van der Waals surface area contributed by atoms with Crippen LogP contribution in [-0.2, 0) is 13.0 Å². The number of hydrogen-bond acceptors (Lipinski definition) is 3. The maximum atomic E-state index is 6.51. The molecule has 5 heteroatoms. The third-order valence-corrected chi connectivity index (χ3v) is 6.48. The number of nitrogens with one attached hydrogen (secondary N) is 2. The molecule has 2 heterocycles. The number of fused-ring (bicyclic) bond motifs is 3. The molecule has 2 N–H and O–H groups in total. The predicted octanol–water partition coefficient (Wildman–Crippen LogP) is 6.34. The van der Waals surface area contributed by atoms with E-state index >= 15 is 0 Å². The van der Waals surface area contributed by atoms with Crippen LogP contribution in [0.5, 0.6) is 11.5 Å². The van der Waals surface area contributed by atoms with Gasteiger partial charge in [-0.2, -0.15) is 0 Å². The fourth-order valence-corrected chi connectivity index (χ4v) is 4.65. The summed E-state index contributed by atoms with van der Waals surface area (Å²) in [5, 5.41) is 5.63. The Morgan fingerprint density at radius 2 is 1.88 bits per heavy atom. The number of aromatic amines is 1. The zero-order valence-corrected chi connectivity index (χ0v) is 19.1. The number of rotatable bonds is 6. The second-order valence-electron chi connectivity index (χ2n) is 8.21. The summed E-state index contributed by atoms with van der Waals surface area (Å²) in [6.45, 7) is 6.07. The molecule has 4 aromatic rings. The van der Waals surface area contributed by atoms with Crippen molar-refractivity contribution in [3.05, 3.63) is 93.6 Å². The molecule has 0 aliphatic carbocycles. The minimum Gasteiger partial charge on any atom is -0.494 e. The number of halogens is 1. The number of H-pyrrole nitrogens is 1. The molecule has 32 heavy (non-hydrogen) atoms. The molecule has 0 fully saturated rings. The quantitative estimate of drug-likeness (QED) is 0.363. The first kappa shape index (κ1) is 20.9. The first-order valence-corrected chi connectivity index (χ1v) is 11.5. The Hall–Kier alpha value is -2.95. The molecule has 1 aliphatic heterocycles. The van der Waals surface area contributed by atoms with Crippen LogP contribution in [0.25, 0.3) is 10.9 Å². The van der Waals surface area contributed by atoms with E-state index in [1.165, 1.54) is 16.6 Å². The van der Waals surface area contributed by atoms with E-state index in [0.29, 0.717) is 13.2 Å². The van der Waals surface area contributed by atoms with E-state index in [1.807, 2.05) is 50.2 Å². The summed E-state index contributed by atoms with van der Waals surface area (Å²) in [4.78, 5) is 3.65. The third kappa shape index (κ3) is 3.96. The number of aryl methyl sites for hydroxylation is 1. The lowest BCUT2D eigenvalue weighted by atomic mass is 9.93. The summed E-state index contributed by atoms with van der Waals surface area (Å²) in [6, 6.07) is 20.6. The molecule has 1 atom stereocenters. The van der Waals surface area contributed by atoms with Crippen LogP contribution in [0.1, 0.15) is 40.9 Å². The van der Waals surface area contributed by atoms with Crippen molar-refractivity contribution in [3.63, 3.8) is 0 Å². The largest absolute Gasteiger partial charge is 0.494 e. The summed E-state index contributed by atoms with van der Waals surface area (Å²) in [5.41, 5.74) is 6.86. The number of ether oxygens (including phenoxy) is 2. The average molecular weight is 447 g/mol. The molecule has 4 nitrogen and oxygen atoms in total. The molecule has 1 aromatic heterocycles. The van der Waals surface area contributed by atoms with Crippen molar-refractivity contribution in [3.8, 4) is 11.5 Å². The minimum atomic E-state index is -0.000475. The highest BCUT2D eigenvalue weighted by Crippen LogP contribution is 2.39. The summed E-state index contributed by atoms with van der Waals surface area (Å²) in [7, 11) is 0. The van der Waals surface area contributed by atoms with E-state index in [9.17, 15) is 0 Å². The Bertz CT molecular complexity index is 1250. The average Bonchev–Trinajstić information content (AvgIpc) is 3.19. The van der Waals surface area contributed by atoms with Gasteiger partial charge in [-0.1, -0.05) is 41.9 Å². The van der Waals surface area contributed by atoms with Crippen molar-refractivity contribution in [1.82, 2.24) is 10.3 Å². The van der Waals surface area contributed by atoms with Crippen LogP contribution in [0.15, 0.2) is 60.7 Å². The molecule has 164 valence electrons. The molecular weight excluding hydrogens is 420 g/mol. The van der Waals surface area contributed by atoms with Gasteiger partial charge in [0.1, 0.15) is 18.1 Å². The summed E-state index contributed by atoms with van der Waals surface area (Å²) >= 11 is 6.51. The lowest BCUT2D eigenvalue weighted by Crippen LogP contribution is -2.30. The van der Waals surface area contributed by atoms with Crippen molar-refractivity contribution in [2.75, 3.05) is 13.2 Å². The Morgan fingerprint density at radius 1 is 1.03 bits per heavy atom. The van der Waals surface area contributed by atoms with Crippen molar-refractivity contribution in [2.45, 2.75) is 32.9 Å². The molecule has 0 bridgehead atoms. The van der Waals surface area contributed by atoms with Gasteiger partial charge in [0.15, 0.2) is 0 Å². The molecular formula is C27H27ClN2O2. The SMILES string of the molecule is CCOc1cc(C)c(Cl)cc1C1NCCc2c1[nH]c1ccc(OCc3ccccc3)cc21. The first-order valence-electron chi connectivity index (χ1n) is 11.1. The summed E-state index contributed by atoms with van der Waals surface area (Å²) in [5.74, 6) is 1.76. The molecule has 5 rings (SSSR count). The smallest absolute Gasteiger partial charge is 0.124 e. The van der Waals surface area contributed by atoms with Gasteiger partial charge in [0.05, 0.1) is 12.6 Å². The van der Waals surface area contributed by atoms with Crippen molar-refractivity contribution < 1.29 is 9.47 Å². The Balaban J connectivity index is 1.50. The predicted molar refractivity (Wildman–Crippen MR) is 130 cm³/mol. The monoisotopic (exact) mass is 446 g/mol. The maximum absolute atomic E-state index is 6.51. The second-order valence-corrected chi connectivity index (χ2v) is 8.62. The van der Waals surface area contributed by atoms with E-state index in [-0.39, 0.29) is 6.04 Å². The van der Waals surface area contributed by atoms with Gasteiger partial charge in [0.2, 0.25) is 0 Å². The fraction of sp³-hybridized carbons (Fsp3) is 0.259. The van der Waals surface area contributed by atoms with Crippen LogP contribution in [-0.4, -0.2) is 18.1 Å². The molecule has 0 spiro atoms. The van der Waals surface area contributed by atoms with Gasteiger partial charge in [-0.15, -0.1) is 0 Å². The normalized spacial score (nSPS) is 15.5. The topological polar surface area (TPSA) is 46.3 Å². The highest BCUT2D eigenvalue weighted by molar-refractivity contribution is 6.31. The van der Waals surface area contributed by atoms with Crippen molar-refractivity contribution >= 4 is 22.5 Å². The van der Waals surface area contributed by atoms with E-state index < -0.39 is 0 Å². The molecule has 3 aromatic carbocycles. The lowest BCUT2D eigenvalue weighted by Gasteiger charge is -2.27. The third-order valence-electron chi connectivity index (χ3n) is 6.07. The molecule has 0 saturated carbocycles. The molecule has 1 unspecified atom stereocenters. The zero-order valence-electron chi connectivity index (χ0n) is 18.4. The maximum Gasteiger partial charge on any atom is 0.124 e. The Labute approximate surface area is 193 Å². The van der Waals surface area contributed by atoms with Gasteiger partial charge in [-0.3, -0.25) is 0 Å². The molecule has 0 saturated heterocycles. The van der Waals surface area contributed by atoms with Gasteiger partial charge < -0.3 is 19.8 Å². The van der Waals surface area contributed by atoms with E-state index in [0.717, 1.165) is 51.7 Å². The van der Waals surface area contributed by atoms with Crippen molar-refractivity contribution in [1.29, 1.82) is 0 Å². The second kappa shape index (κ2) is 8.89. The van der Waals surface area contributed by atoms with Gasteiger partial charge in [0, 0.05) is 33.7 Å². The number of hydrogen-bond donors (Lipinski definition) is 2. The summed E-state index contributed by atoms with van der Waals surface area (Å²) in [6.07, 6.45) is 0.956. The van der Waals surface area contributed by atoms with Gasteiger partial charge in [0.25, 0.3) is 0 Å². The van der Waals surface area contributed by atoms with E-state index in [1.54, 1.807) is 0 Å². The Kier molecular flexibility index (Phi) is 5.81. The van der Waals surface area contributed by atoms with Crippen LogP contribution in [0.2, 0.25) is 5.02 Å². The van der Waals surface area contributed by atoms with Crippen LogP contribution in [0, 0.1) is 6.92 Å². The molecule has 0 radical (unpaired) electrons. The number of benzene rings is 3. The van der Waals surface area contributed by atoms with Crippen LogP contribution in [0.3, 0.4) is 0 Å². The highest BCUT2D eigenvalue weighted by Gasteiger charge is 2.28. The van der Waals surface area contributed by atoms with E-state index in [4.69, 9.17) is 21.1 Å². The lowest BCUT2D eigenvalue weighted by molar-refractivity contribution is 0.306. The van der Waals surface area contributed by atoms with Crippen LogP contribution in [0.4, 0.5) is 0 Å². The zero-order chi connectivity index (χ0) is 22.1. The first-order chi connectivity index (χ1) is 15.6. The fourth-order valence-electron chi connectivity index (χ4n) is 4.48.